The van der Waals surface area contributed by atoms with E-state index in [0.717, 1.165) is 17.5 Å². The number of rotatable bonds is 4. The number of hydrogen-bond donors (Lipinski definition) is 1. The second kappa shape index (κ2) is 5.44. The molecule has 0 fully saturated rings. The molecule has 2 aromatic heterocycles. The van der Waals surface area contributed by atoms with Crippen molar-refractivity contribution in [2.24, 2.45) is 7.05 Å². The molecule has 0 radical (unpaired) electrons. The van der Waals surface area contributed by atoms with Crippen LogP contribution in [0.5, 0.6) is 0 Å². The topological polar surface area (TPSA) is 59.8 Å². The van der Waals surface area contributed by atoms with E-state index in [9.17, 15) is 4.79 Å². The van der Waals surface area contributed by atoms with Crippen LogP contribution in [0, 0.1) is 6.92 Å². The van der Waals surface area contributed by atoms with Gasteiger partial charge in [0.2, 0.25) is 0 Å². The van der Waals surface area contributed by atoms with Gasteiger partial charge in [0.1, 0.15) is 5.69 Å². The van der Waals surface area contributed by atoms with Crippen molar-refractivity contribution >= 4 is 5.91 Å². The monoisotopic (exact) mass is 244 g/mol. The SMILES string of the molecule is Cc1cccnc1C(=O)NCCc1cnn(C)c1. The molecule has 0 unspecified atom stereocenters. The van der Waals surface area contributed by atoms with Crippen molar-refractivity contribution in [1.82, 2.24) is 20.1 Å². The molecule has 2 heterocycles. The molecule has 94 valence electrons. The Morgan fingerprint density at radius 3 is 3.00 bits per heavy atom. The lowest BCUT2D eigenvalue weighted by atomic mass is 10.2. The van der Waals surface area contributed by atoms with E-state index < -0.39 is 0 Å². The molecule has 0 aliphatic carbocycles. The molecule has 2 aromatic rings. The van der Waals surface area contributed by atoms with Gasteiger partial charge in [0.25, 0.3) is 5.91 Å². The highest BCUT2D eigenvalue weighted by molar-refractivity contribution is 5.93. The van der Waals surface area contributed by atoms with E-state index in [1.165, 1.54) is 0 Å². The Labute approximate surface area is 106 Å². The minimum absolute atomic E-state index is 0.128. The summed E-state index contributed by atoms with van der Waals surface area (Å²) >= 11 is 0. The van der Waals surface area contributed by atoms with Gasteiger partial charge in [0.05, 0.1) is 6.20 Å². The van der Waals surface area contributed by atoms with E-state index in [1.54, 1.807) is 17.1 Å². The van der Waals surface area contributed by atoms with Crippen molar-refractivity contribution in [3.05, 3.63) is 47.5 Å². The smallest absolute Gasteiger partial charge is 0.270 e. The average molecular weight is 244 g/mol. The molecule has 0 atom stereocenters. The van der Waals surface area contributed by atoms with Crippen LogP contribution in [0.3, 0.4) is 0 Å². The summed E-state index contributed by atoms with van der Waals surface area (Å²) in [5.74, 6) is -0.128. The standard InChI is InChI=1S/C13H16N4O/c1-10-4-3-6-14-12(10)13(18)15-7-5-11-8-16-17(2)9-11/h3-4,6,8-9H,5,7H2,1-2H3,(H,15,18). The van der Waals surface area contributed by atoms with Crippen LogP contribution in [0.4, 0.5) is 0 Å². The van der Waals surface area contributed by atoms with Crippen molar-refractivity contribution in [3.8, 4) is 0 Å². The van der Waals surface area contributed by atoms with Crippen LogP contribution in [0.2, 0.25) is 0 Å². The van der Waals surface area contributed by atoms with Gasteiger partial charge in [-0.1, -0.05) is 6.07 Å². The molecule has 18 heavy (non-hydrogen) atoms. The molecule has 5 heteroatoms. The molecule has 0 aliphatic heterocycles. The summed E-state index contributed by atoms with van der Waals surface area (Å²) in [6.07, 6.45) is 6.14. The first-order valence-corrected chi connectivity index (χ1v) is 5.84. The van der Waals surface area contributed by atoms with Crippen LogP contribution in [0.1, 0.15) is 21.6 Å². The third kappa shape index (κ3) is 2.94. The normalized spacial score (nSPS) is 10.3. The molecule has 5 nitrogen and oxygen atoms in total. The summed E-state index contributed by atoms with van der Waals surface area (Å²) in [7, 11) is 1.87. The minimum atomic E-state index is -0.128. The molecule has 0 aliphatic rings. The second-order valence-corrected chi connectivity index (χ2v) is 4.20. The van der Waals surface area contributed by atoms with Crippen LogP contribution >= 0.6 is 0 Å². The number of aromatic nitrogens is 3. The highest BCUT2D eigenvalue weighted by Crippen LogP contribution is 2.03. The molecular weight excluding hydrogens is 228 g/mol. The third-order valence-electron chi connectivity index (χ3n) is 2.68. The Bertz CT molecular complexity index is 547. The van der Waals surface area contributed by atoms with Crippen LogP contribution < -0.4 is 5.32 Å². The first-order chi connectivity index (χ1) is 8.66. The van der Waals surface area contributed by atoms with Gasteiger partial charge in [0.15, 0.2) is 0 Å². The Kier molecular flexibility index (Phi) is 3.72. The third-order valence-corrected chi connectivity index (χ3v) is 2.68. The fourth-order valence-corrected chi connectivity index (χ4v) is 1.73. The van der Waals surface area contributed by atoms with E-state index in [1.807, 2.05) is 32.3 Å². The zero-order valence-electron chi connectivity index (χ0n) is 10.6. The molecule has 0 saturated heterocycles. The van der Waals surface area contributed by atoms with E-state index in [0.29, 0.717) is 12.2 Å². The molecular formula is C13H16N4O. The zero-order chi connectivity index (χ0) is 13.0. The van der Waals surface area contributed by atoms with Crippen molar-refractivity contribution in [3.63, 3.8) is 0 Å². The molecule has 0 aromatic carbocycles. The molecule has 2 rings (SSSR count). The maximum atomic E-state index is 11.9. The zero-order valence-corrected chi connectivity index (χ0v) is 10.6. The summed E-state index contributed by atoms with van der Waals surface area (Å²) in [6, 6.07) is 3.70. The van der Waals surface area contributed by atoms with E-state index in [4.69, 9.17) is 0 Å². The molecule has 0 saturated carbocycles. The fraction of sp³-hybridized carbons (Fsp3) is 0.308. The van der Waals surface area contributed by atoms with Crippen LogP contribution in [-0.2, 0) is 13.5 Å². The summed E-state index contributed by atoms with van der Waals surface area (Å²) in [5, 5.41) is 6.94. The summed E-state index contributed by atoms with van der Waals surface area (Å²) < 4.78 is 1.75. The highest BCUT2D eigenvalue weighted by Gasteiger charge is 2.08. The van der Waals surface area contributed by atoms with Crippen molar-refractivity contribution < 1.29 is 4.79 Å². The number of carbonyl (C=O) groups excluding carboxylic acids is 1. The van der Waals surface area contributed by atoms with Gasteiger partial charge in [0, 0.05) is 26.0 Å². The predicted octanol–water partition coefficient (Wildman–Crippen LogP) is 1.10. The Hall–Kier alpha value is -2.17. The van der Waals surface area contributed by atoms with Gasteiger partial charge in [-0.05, 0) is 30.5 Å². The minimum Gasteiger partial charge on any atom is -0.350 e. The number of aryl methyl sites for hydroxylation is 2. The second-order valence-electron chi connectivity index (χ2n) is 4.20. The lowest BCUT2D eigenvalue weighted by Crippen LogP contribution is -2.27. The van der Waals surface area contributed by atoms with Crippen LogP contribution in [0.25, 0.3) is 0 Å². The van der Waals surface area contributed by atoms with Gasteiger partial charge >= 0.3 is 0 Å². The molecule has 1 N–H and O–H groups in total. The van der Waals surface area contributed by atoms with E-state index >= 15 is 0 Å². The van der Waals surface area contributed by atoms with Gasteiger partial charge in [-0.2, -0.15) is 5.10 Å². The van der Waals surface area contributed by atoms with Crippen LogP contribution in [0.15, 0.2) is 30.7 Å². The predicted molar refractivity (Wildman–Crippen MR) is 68.2 cm³/mol. The van der Waals surface area contributed by atoms with Crippen molar-refractivity contribution in [2.75, 3.05) is 6.54 Å². The van der Waals surface area contributed by atoms with Gasteiger partial charge < -0.3 is 5.32 Å². The maximum Gasteiger partial charge on any atom is 0.270 e. The van der Waals surface area contributed by atoms with Crippen molar-refractivity contribution in [1.29, 1.82) is 0 Å². The first kappa shape index (κ1) is 12.3. The Balaban J connectivity index is 1.87. The van der Waals surface area contributed by atoms with Gasteiger partial charge in [-0.3, -0.25) is 14.5 Å². The molecule has 0 spiro atoms. The number of amides is 1. The van der Waals surface area contributed by atoms with Gasteiger partial charge in [-0.15, -0.1) is 0 Å². The Morgan fingerprint density at radius 2 is 2.33 bits per heavy atom. The van der Waals surface area contributed by atoms with E-state index in [-0.39, 0.29) is 5.91 Å². The number of nitrogens with zero attached hydrogens (tertiary/aromatic N) is 3. The lowest BCUT2D eigenvalue weighted by molar-refractivity contribution is 0.0948. The van der Waals surface area contributed by atoms with Crippen molar-refractivity contribution in [2.45, 2.75) is 13.3 Å². The quantitative estimate of drug-likeness (QED) is 0.876. The fourth-order valence-electron chi connectivity index (χ4n) is 1.73. The maximum absolute atomic E-state index is 11.9. The summed E-state index contributed by atoms with van der Waals surface area (Å²) in [5.41, 5.74) is 2.48. The number of nitrogens with one attached hydrogen (secondary N) is 1. The lowest BCUT2D eigenvalue weighted by Gasteiger charge is -2.05. The molecule has 0 bridgehead atoms. The van der Waals surface area contributed by atoms with E-state index in [2.05, 4.69) is 15.4 Å². The molecule has 1 amide bonds. The van der Waals surface area contributed by atoms with Gasteiger partial charge in [-0.25, -0.2) is 0 Å². The number of hydrogen-bond acceptors (Lipinski definition) is 3. The number of carbonyl (C=O) groups is 1. The Morgan fingerprint density at radius 1 is 1.50 bits per heavy atom. The first-order valence-electron chi connectivity index (χ1n) is 5.84. The summed E-state index contributed by atoms with van der Waals surface area (Å²) in [4.78, 5) is 15.9. The largest absolute Gasteiger partial charge is 0.350 e. The van der Waals surface area contributed by atoms with Crippen LogP contribution in [-0.4, -0.2) is 27.2 Å². The highest BCUT2D eigenvalue weighted by atomic mass is 16.1. The average Bonchev–Trinajstić information content (AvgIpc) is 2.75. The summed E-state index contributed by atoms with van der Waals surface area (Å²) in [6.45, 7) is 2.46. The number of pyridine rings is 1.